The molecule has 1 unspecified atom stereocenters. The molecule has 0 aliphatic rings. The molecule has 3 N–H and O–H groups in total. The largest absolute Gasteiger partial charge is 0.507 e. The third kappa shape index (κ3) is 4.07. The number of aromatic hydroxyl groups is 1. The molecule has 0 saturated carbocycles. The highest BCUT2D eigenvalue weighted by Crippen LogP contribution is 2.23. The van der Waals surface area contributed by atoms with Crippen molar-refractivity contribution in [3.8, 4) is 5.75 Å². The zero-order valence-corrected chi connectivity index (χ0v) is 10.4. The molecule has 0 saturated heterocycles. The van der Waals surface area contributed by atoms with Gasteiger partial charge in [-0.05, 0) is 26.3 Å². The molecule has 0 bridgehead atoms. The van der Waals surface area contributed by atoms with E-state index < -0.39 is 5.97 Å². The van der Waals surface area contributed by atoms with Crippen molar-refractivity contribution in [1.29, 1.82) is 0 Å². The lowest BCUT2D eigenvalue weighted by Crippen LogP contribution is -2.28. The monoisotopic (exact) mass is 237 g/mol. The first-order valence-electron chi connectivity index (χ1n) is 5.64. The van der Waals surface area contributed by atoms with Gasteiger partial charge in [0, 0.05) is 18.2 Å². The average molecular weight is 237 g/mol. The lowest BCUT2D eigenvalue weighted by molar-refractivity contribution is -0.137. The number of hydrogen-bond acceptors (Lipinski definition) is 3. The summed E-state index contributed by atoms with van der Waals surface area (Å²) in [6.45, 7) is 6.11. The van der Waals surface area contributed by atoms with Crippen molar-refractivity contribution in [1.82, 2.24) is 5.32 Å². The van der Waals surface area contributed by atoms with Crippen molar-refractivity contribution in [3.63, 3.8) is 0 Å². The van der Waals surface area contributed by atoms with E-state index in [2.05, 4.69) is 5.32 Å². The summed E-state index contributed by atoms with van der Waals surface area (Å²) < 4.78 is 0. The fourth-order valence-corrected chi connectivity index (χ4v) is 1.80. The number of carbonyl (C=O) groups is 1. The maximum Gasteiger partial charge on any atom is 0.304 e. The van der Waals surface area contributed by atoms with Crippen molar-refractivity contribution in [2.45, 2.75) is 39.8 Å². The summed E-state index contributed by atoms with van der Waals surface area (Å²) in [7, 11) is 0. The van der Waals surface area contributed by atoms with Gasteiger partial charge in [-0.1, -0.05) is 17.7 Å². The van der Waals surface area contributed by atoms with E-state index in [1.165, 1.54) is 0 Å². The molecule has 0 aliphatic carbocycles. The fraction of sp³-hybridized carbons (Fsp3) is 0.462. The van der Waals surface area contributed by atoms with Crippen LogP contribution in [0, 0.1) is 13.8 Å². The normalized spacial score (nSPS) is 12.4. The van der Waals surface area contributed by atoms with E-state index in [1.807, 2.05) is 32.9 Å². The molecule has 0 amide bonds. The maximum absolute atomic E-state index is 10.5. The van der Waals surface area contributed by atoms with Crippen LogP contribution in [0.1, 0.15) is 30.0 Å². The van der Waals surface area contributed by atoms with Crippen LogP contribution in [-0.4, -0.2) is 22.2 Å². The van der Waals surface area contributed by atoms with E-state index in [0.717, 1.165) is 16.7 Å². The number of rotatable bonds is 5. The Hall–Kier alpha value is -1.55. The van der Waals surface area contributed by atoms with Gasteiger partial charge in [0.1, 0.15) is 5.75 Å². The minimum atomic E-state index is -0.824. The van der Waals surface area contributed by atoms with Crippen LogP contribution >= 0.6 is 0 Å². The number of carboxylic acid groups (broad SMARTS) is 1. The first-order chi connectivity index (χ1) is 7.90. The highest BCUT2D eigenvalue weighted by atomic mass is 16.4. The van der Waals surface area contributed by atoms with Gasteiger partial charge in [0.2, 0.25) is 0 Å². The molecule has 0 spiro atoms. The van der Waals surface area contributed by atoms with Crippen molar-refractivity contribution < 1.29 is 15.0 Å². The van der Waals surface area contributed by atoms with Crippen molar-refractivity contribution in [3.05, 3.63) is 28.8 Å². The summed E-state index contributed by atoms with van der Waals surface area (Å²) >= 11 is 0. The minimum Gasteiger partial charge on any atom is -0.507 e. The van der Waals surface area contributed by atoms with Crippen molar-refractivity contribution >= 4 is 5.97 Å². The second kappa shape index (κ2) is 5.68. The summed E-state index contributed by atoms with van der Waals surface area (Å²) in [6.07, 6.45) is 0.0750. The van der Waals surface area contributed by atoms with Gasteiger partial charge < -0.3 is 15.5 Å². The Morgan fingerprint density at radius 3 is 2.65 bits per heavy atom. The number of phenols is 1. The summed E-state index contributed by atoms with van der Waals surface area (Å²) in [4.78, 5) is 10.5. The first kappa shape index (κ1) is 13.5. The molecule has 4 nitrogen and oxygen atoms in total. The van der Waals surface area contributed by atoms with E-state index in [9.17, 15) is 9.90 Å². The molecule has 1 aromatic carbocycles. The number of hydrogen-bond donors (Lipinski definition) is 3. The average Bonchev–Trinajstić information content (AvgIpc) is 2.20. The van der Waals surface area contributed by atoms with Crippen LogP contribution in [0.3, 0.4) is 0 Å². The fourth-order valence-electron chi connectivity index (χ4n) is 1.80. The van der Waals surface area contributed by atoms with Crippen LogP contribution in [0.15, 0.2) is 12.1 Å². The summed E-state index contributed by atoms with van der Waals surface area (Å²) in [5.74, 6) is -0.541. The second-order valence-electron chi connectivity index (χ2n) is 4.47. The smallest absolute Gasteiger partial charge is 0.304 e. The Balaban J connectivity index is 2.66. The van der Waals surface area contributed by atoms with Crippen LogP contribution in [0.5, 0.6) is 5.75 Å². The number of aliphatic carboxylic acids is 1. The Morgan fingerprint density at radius 2 is 2.06 bits per heavy atom. The lowest BCUT2D eigenvalue weighted by Gasteiger charge is -2.14. The van der Waals surface area contributed by atoms with E-state index in [4.69, 9.17) is 5.11 Å². The molecule has 0 aromatic heterocycles. The van der Waals surface area contributed by atoms with Crippen LogP contribution < -0.4 is 5.32 Å². The molecule has 1 atom stereocenters. The molecule has 4 heteroatoms. The van der Waals surface area contributed by atoms with E-state index >= 15 is 0 Å². The van der Waals surface area contributed by atoms with Gasteiger partial charge in [0.25, 0.3) is 0 Å². The van der Waals surface area contributed by atoms with Crippen molar-refractivity contribution in [2.75, 3.05) is 0 Å². The number of nitrogens with one attached hydrogen (secondary N) is 1. The molecule has 1 rings (SSSR count). The summed E-state index contributed by atoms with van der Waals surface area (Å²) in [5.41, 5.74) is 2.73. The predicted molar refractivity (Wildman–Crippen MR) is 66.1 cm³/mol. The van der Waals surface area contributed by atoms with Gasteiger partial charge in [0.05, 0.1) is 6.42 Å². The molecule has 0 aliphatic heterocycles. The van der Waals surface area contributed by atoms with E-state index in [-0.39, 0.29) is 18.2 Å². The summed E-state index contributed by atoms with van der Waals surface area (Å²) in [5, 5.41) is 21.6. The molecule has 17 heavy (non-hydrogen) atoms. The van der Waals surface area contributed by atoms with Gasteiger partial charge >= 0.3 is 5.97 Å². The standard InChI is InChI=1S/C13H19NO3/c1-8-4-9(2)13(17)11(5-8)7-14-10(3)6-12(15)16/h4-5,10,14,17H,6-7H2,1-3H3,(H,15,16). The quantitative estimate of drug-likeness (QED) is 0.732. The highest BCUT2D eigenvalue weighted by molar-refractivity contribution is 5.67. The number of benzene rings is 1. The molecule has 94 valence electrons. The van der Waals surface area contributed by atoms with E-state index in [1.54, 1.807) is 0 Å². The third-order valence-corrected chi connectivity index (χ3v) is 2.65. The Morgan fingerprint density at radius 1 is 1.41 bits per heavy atom. The third-order valence-electron chi connectivity index (χ3n) is 2.65. The topological polar surface area (TPSA) is 69.6 Å². The predicted octanol–water partition coefficient (Wildman–Crippen LogP) is 1.96. The Bertz CT molecular complexity index is 415. The van der Waals surface area contributed by atoms with E-state index in [0.29, 0.717) is 6.54 Å². The Labute approximate surface area is 101 Å². The van der Waals surface area contributed by atoms with Gasteiger partial charge in [0.15, 0.2) is 0 Å². The van der Waals surface area contributed by atoms with Crippen LogP contribution in [-0.2, 0) is 11.3 Å². The highest BCUT2D eigenvalue weighted by Gasteiger charge is 2.09. The van der Waals surface area contributed by atoms with Crippen LogP contribution in [0.2, 0.25) is 0 Å². The molecule has 0 fully saturated rings. The van der Waals surface area contributed by atoms with Crippen molar-refractivity contribution in [2.24, 2.45) is 0 Å². The minimum absolute atomic E-state index is 0.0750. The molecule has 0 radical (unpaired) electrons. The number of carboxylic acids is 1. The molecular formula is C13H19NO3. The zero-order valence-electron chi connectivity index (χ0n) is 10.4. The second-order valence-corrected chi connectivity index (χ2v) is 4.47. The number of aryl methyl sites for hydroxylation is 2. The summed E-state index contributed by atoms with van der Waals surface area (Å²) in [6, 6.07) is 3.70. The van der Waals surface area contributed by atoms with Crippen LogP contribution in [0.4, 0.5) is 0 Å². The van der Waals surface area contributed by atoms with Gasteiger partial charge in [-0.25, -0.2) is 0 Å². The van der Waals surface area contributed by atoms with Gasteiger partial charge in [-0.15, -0.1) is 0 Å². The lowest BCUT2D eigenvalue weighted by atomic mass is 10.1. The first-order valence-corrected chi connectivity index (χ1v) is 5.64. The van der Waals surface area contributed by atoms with Gasteiger partial charge in [-0.2, -0.15) is 0 Å². The zero-order chi connectivity index (χ0) is 13.0. The molecule has 0 heterocycles. The van der Waals surface area contributed by atoms with Crippen LogP contribution in [0.25, 0.3) is 0 Å². The SMILES string of the molecule is Cc1cc(C)c(O)c(CNC(C)CC(=O)O)c1. The maximum atomic E-state index is 10.5. The Kier molecular flexibility index (Phi) is 4.52. The molecular weight excluding hydrogens is 218 g/mol. The number of phenolic OH excluding ortho intramolecular Hbond substituents is 1. The van der Waals surface area contributed by atoms with Gasteiger partial charge in [-0.3, -0.25) is 4.79 Å². The molecule has 1 aromatic rings.